The average molecular weight is 437 g/mol. The maximum absolute atomic E-state index is 5.86. The Labute approximate surface area is 192 Å². The van der Waals surface area contributed by atoms with Crippen molar-refractivity contribution in [3.8, 4) is 0 Å². The lowest BCUT2D eigenvalue weighted by Gasteiger charge is -2.02. The van der Waals surface area contributed by atoms with Crippen LogP contribution in [-0.4, -0.2) is 9.13 Å². The van der Waals surface area contributed by atoms with Crippen molar-refractivity contribution in [1.29, 1.82) is 0 Å². The molecule has 2 heterocycles. The smallest absolute Gasteiger partial charge is 0.0492 e. The summed E-state index contributed by atoms with van der Waals surface area (Å²) in [4.78, 5) is 0. The largest absolute Gasteiger partial charge is 0.399 e. The molecule has 0 saturated heterocycles. The first-order chi connectivity index (χ1) is 15.9. The van der Waals surface area contributed by atoms with E-state index in [1.54, 1.807) is 0 Å². The number of rotatable bonds is 1. The Morgan fingerprint density at radius 1 is 0.515 bits per heavy atom. The van der Waals surface area contributed by atoms with E-state index in [4.69, 9.17) is 22.9 Å². The van der Waals surface area contributed by atoms with Crippen LogP contribution in [0.15, 0.2) is 72.8 Å². The molecule has 8 N–H and O–H groups in total. The molecule has 0 fully saturated rings. The molecule has 6 aromatic rings. The molecule has 0 saturated carbocycles. The van der Waals surface area contributed by atoms with Crippen LogP contribution in [0.2, 0.25) is 0 Å². The van der Waals surface area contributed by atoms with Crippen molar-refractivity contribution in [2.45, 2.75) is 13.5 Å². The molecule has 0 aliphatic carbocycles. The number of nitrogens with zero attached hydrogens (tertiary/aromatic N) is 2. The number of nitrogen functional groups attached to an aromatic ring is 4. The predicted octanol–water partition coefficient (Wildman–Crippen LogP) is 5.47. The fourth-order valence-corrected chi connectivity index (χ4v) is 4.73. The molecule has 0 aliphatic rings. The van der Waals surface area contributed by atoms with Crippen molar-refractivity contribution in [2.24, 2.45) is 7.05 Å². The van der Waals surface area contributed by atoms with E-state index >= 15 is 0 Å². The van der Waals surface area contributed by atoms with Crippen LogP contribution in [0.4, 0.5) is 22.7 Å². The number of hydrogen-bond donors (Lipinski definition) is 4. The molecule has 6 rings (SSSR count). The number of fused-ring (bicyclic) bond motifs is 6. The first kappa shape index (κ1) is 20.6. The van der Waals surface area contributed by atoms with E-state index < -0.39 is 0 Å². The minimum atomic E-state index is 0.780. The molecule has 166 valence electrons. The molecule has 6 heteroatoms. The minimum Gasteiger partial charge on any atom is -0.399 e. The number of aryl methyl sites for hydroxylation is 2. The summed E-state index contributed by atoms with van der Waals surface area (Å²) in [6, 6.07) is 24.0. The van der Waals surface area contributed by atoms with Crippen molar-refractivity contribution in [2.75, 3.05) is 22.9 Å². The third-order valence-corrected chi connectivity index (χ3v) is 6.28. The molecule has 33 heavy (non-hydrogen) atoms. The molecule has 2 aromatic heterocycles. The van der Waals surface area contributed by atoms with Gasteiger partial charge >= 0.3 is 0 Å². The summed E-state index contributed by atoms with van der Waals surface area (Å²) in [7, 11) is 2.05. The second-order valence-corrected chi connectivity index (χ2v) is 8.41. The quantitative estimate of drug-likeness (QED) is 0.256. The zero-order chi connectivity index (χ0) is 23.3. The fourth-order valence-electron chi connectivity index (χ4n) is 4.73. The molecule has 6 nitrogen and oxygen atoms in total. The molecule has 0 atom stereocenters. The summed E-state index contributed by atoms with van der Waals surface area (Å²) in [5, 5.41) is 4.66. The van der Waals surface area contributed by atoms with Gasteiger partial charge in [0.1, 0.15) is 0 Å². The van der Waals surface area contributed by atoms with E-state index in [0.29, 0.717) is 0 Å². The average Bonchev–Trinajstić information content (AvgIpc) is 3.25. The SMILES string of the molecule is CCn1c2ccc(N)cc2c2cc(N)ccc21.Cn1c2ccc(N)cc2c2cc(N)ccc21. The Morgan fingerprint density at radius 2 is 0.818 bits per heavy atom. The van der Waals surface area contributed by atoms with Gasteiger partial charge in [0, 0.05) is 80.0 Å². The molecule has 0 spiro atoms. The summed E-state index contributed by atoms with van der Waals surface area (Å²) in [6.45, 7) is 3.08. The van der Waals surface area contributed by atoms with Gasteiger partial charge < -0.3 is 32.1 Å². The van der Waals surface area contributed by atoms with Gasteiger partial charge in [-0.1, -0.05) is 0 Å². The van der Waals surface area contributed by atoms with Gasteiger partial charge in [-0.15, -0.1) is 0 Å². The van der Waals surface area contributed by atoms with Gasteiger partial charge in [-0.2, -0.15) is 0 Å². The molecular weight excluding hydrogens is 408 g/mol. The van der Waals surface area contributed by atoms with Crippen LogP contribution < -0.4 is 22.9 Å². The minimum absolute atomic E-state index is 0.780. The van der Waals surface area contributed by atoms with E-state index in [0.717, 1.165) is 40.1 Å². The van der Waals surface area contributed by atoms with Crippen molar-refractivity contribution < 1.29 is 0 Å². The van der Waals surface area contributed by atoms with Gasteiger partial charge in [0.2, 0.25) is 0 Å². The predicted molar refractivity (Wildman–Crippen MR) is 143 cm³/mol. The Kier molecular flexibility index (Phi) is 4.78. The highest BCUT2D eigenvalue weighted by atomic mass is 15.0. The van der Waals surface area contributed by atoms with E-state index in [1.807, 2.05) is 60.7 Å². The first-order valence-corrected chi connectivity index (χ1v) is 11.0. The molecular formula is C27H28N6. The highest BCUT2D eigenvalue weighted by molar-refractivity contribution is 6.10. The third kappa shape index (κ3) is 3.36. The highest BCUT2D eigenvalue weighted by Crippen LogP contribution is 2.32. The van der Waals surface area contributed by atoms with Crippen molar-refractivity contribution in [3.05, 3.63) is 72.8 Å². The number of hydrogen-bond acceptors (Lipinski definition) is 4. The van der Waals surface area contributed by atoms with Gasteiger partial charge in [0.15, 0.2) is 0 Å². The zero-order valence-corrected chi connectivity index (χ0v) is 18.8. The molecule has 0 bridgehead atoms. The first-order valence-electron chi connectivity index (χ1n) is 11.0. The standard InChI is InChI=1S/C14H15N3.C13H13N3/c1-2-17-13-5-3-9(15)7-11(13)12-8-10(16)4-6-14(12)17;1-16-12-4-2-8(14)6-10(12)11-7-9(15)3-5-13(11)16/h3-8H,2,15-16H2,1H3;2-7H,14-15H2,1H3. The lowest BCUT2D eigenvalue weighted by atomic mass is 10.1. The van der Waals surface area contributed by atoms with Gasteiger partial charge in [-0.05, 0) is 79.7 Å². The van der Waals surface area contributed by atoms with Crippen LogP contribution in [0.3, 0.4) is 0 Å². The van der Waals surface area contributed by atoms with Crippen LogP contribution >= 0.6 is 0 Å². The summed E-state index contributed by atoms with van der Waals surface area (Å²) >= 11 is 0. The lowest BCUT2D eigenvalue weighted by Crippen LogP contribution is -1.93. The molecule has 0 radical (unpaired) electrons. The third-order valence-electron chi connectivity index (χ3n) is 6.28. The van der Waals surface area contributed by atoms with Crippen LogP contribution in [-0.2, 0) is 13.6 Å². The Bertz CT molecular complexity index is 1540. The monoisotopic (exact) mass is 436 g/mol. The van der Waals surface area contributed by atoms with E-state index in [2.05, 4.69) is 35.2 Å². The summed E-state index contributed by atoms with van der Waals surface area (Å²) < 4.78 is 4.44. The topological polar surface area (TPSA) is 114 Å². The summed E-state index contributed by atoms with van der Waals surface area (Å²) in [5.74, 6) is 0. The summed E-state index contributed by atoms with van der Waals surface area (Å²) in [6.07, 6.45) is 0. The van der Waals surface area contributed by atoms with Crippen molar-refractivity contribution in [3.63, 3.8) is 0 Å². The van der Waals surface area contributed by atoms with Crippen molar-refractivity contribution in [1.82, 2.24) is 9.13 Å². The van der Waals surface area contributed by atoms with E-state index in [9.17, 15) is 0 Å². The Balaban J connectivity index is 0.000000139. The molecule has 4 aromatic carbocycles. The number of aromatic nitrogens is 2. The number of anilines is 4. The van der Waals surface area contributed by atoms with E-state index in [-0.39, 0.29) is 0 Å². The maximum Gasteiger partial charge on any atom is 0.0492 e. The van der Waals surface area contributed by atoms with Gasteiger partial charge in [0.25, 0.3) is 0 Å². The Morgan fingerprint density at radius 3 is 1.15 bits per heavy atom. The molecule has 0 amide bonds. The zero-order valence-electron chi connectivity index (χ0n) is 18.8. The number of nitrogens with two attached hydrogens (primary N) is 4. The van der Waals surface area contributed by atoms with Gasteiger partial charge in [-0.3, -0.25) is 0 Å². The normalized spacial score (nSPS) is 11.3. The summed E-state index contributed by atoms with van der Waals surface area (Å²) in [5.41, 5.74) is 31.3. The highest BCUT2D eigenvalue weighted by Gasteiger charge is 2.10. The van der Waals surface area contributed by atoms with Crippen LogP contribution in [0, 0.1) is 0 Å². The maximum atomic E-state index is 5.86. The Hall–Kier alpha value is -4.32. The van der Waals surface area contributed by atoms with Crippen LogP contribution in [0.1, 0.15) is 6.92 Å². The molecule has 0 aliphatic heterocycles. The lowest BCUT2D eigenvalue weighted by molar-refractivity contribution is 0.827. The van der Waals surface area contributed by atoms with Gasteiger partial charge in [0.05, 0.1) is 0 Å². The fraction of sp³-hybridized carbons (Fsp3) is 0.111. The second-order valence-electron chi connectivity index (χ2n) is 8.41. The van der Waals surface area contributed by atoms with Gasteiger partial charge in [-0.25, -0.2) is 0 Å². The van der Waals surface area contributed by atoms with Crippen LogP contribution in [0.25, 0.3) is 43.6 Å². The molecule has 0 unspecified atom stereocenters. The van der Waals surface area contributed by atoms with E-state index in [1.165, 1.54) is 32.8 Å². The van der Waals surface area contributed by atoms with Crippen LogP contribution in [0.5, 0.6) is 0 Å². The van der Waals surface area contributed by atoms with Crippen molar-refractivity contribution >= 4 is 66.4 Å². The second kappa shape index (κ2) is 7.67. The number of benzene rings is 4.